The molecule has 0 unspecified atom stereocenters. The summed E-state index contributed by atoms with van der Waals surface area (Å²) in [5.74, 6) is 0.280. The Hall–Kier alpha value is -2.84. The summed E-state index contributed by atoms with van der Waals surface area (Å²) in [6.07, 6.45) is 0.621. The molecule has 24 heavy (non-hydrogen) atoms. The summed E-state index contributed by atoms with van der Waals surface area (Å²) in [5, 5.41) is 24.3. The molecule has 0 saturated carbocycles. The summed E-state index contributed by atoms with van der Waals surface area (Å²) < 4.78 is 0. The van der Waals surface area contributed by atoms with Gasteiger partial charge in [0.25, 0.3) is 0 Å². The van der Waals surface area contributed by atoms with Gasteiger partial charge in [-0.1, -0.05) is 60.7 Å². The number of rotatable bonds is 3. The third-order valence-corrected chi connectivity index (χ3v) is 4.55. The van der Waals surface area contributed by atoms with Gasteiger partial charge in [0.1, 0.15) is 5.75 Å². The standard InChI is InChI=1S/C22H18O2/c23-13-12-15-7-5-10-18-20(15)14-16-6-1-2-8-17(16)22(18)19-9-3-4-11-21(19)24/h1-11,14,23-24H,12-13H2. The molecule has 4 aromatic carbocycles. The zero-order valence-electron chi connectivity index (χ0n) is 13.2. The maximum Gasteiger partial charge on any atom is 0.123 e. The van der Waals surface area contributed by atoms with Crippen molar-refractivity contribution in [1.29, 1.82) is 0 Å². The molecule has 0 spiro atoms. The Morgan fingerprint density at radius 1 is 0.708 bits per heavy atom. The topological polar surface area (TPSA) is 40.5 Å². The monoisotopic (exact) mass is 314 g/mol. The van der Waals surface area contributed by atoms with Crippen molar-refractivity contribution < 1.29 is 10.2 Å². The molecule has 0 saturated heterocycles. The highest BCUT2D eigenvalue weighted by atomic mass is 16.3. The first kappa shape index (κ1) is 14.7. The molecule has 2 nitrogen and oxygen atoms in total. The lowest BCUT2D eigenvalue weighted by atomic mass is 9.89. The van der Waals surface area contributed by atoms with Gasteiger partial charge in [-0.2, -0.15) is 0 Å². The van der Waals surface area contributed by atoms with Crippen LogP contribution >= 0.6 is 0 Å². The molecule has 0 aliphatic rings. The maximum atomic E-state index is 10.4. The van der Waals surface area contributed by atoms with E-state index >= 15 is 0 Å². The fourth-order valence-electron chi connectivity index (χ4n) is 3.47. The Kier molecular flexibility index (Phi) is 3.68. The number of para-hydroxylation sites is 1. The van der Waals surface area contributed by atoms with Crippen LogP contribution < -0.4 is 0 Å². The van der Waals surface area contributed by atoms with Crippen molar-refractivity contribution in [3.05, 3.63) is 78.4 Å². The van der Waals surface area contributed by atoms with Gasteiger partial charge in [-0.05, 0) is 45.7 Å². The number of fused-ring (bicyclic) bond motifs is 2. The Morgan fingerprint density at radius 3 is 2.29 bits per heavy atom. The number of aliphatic hydroxyl groups is 1. The highest BCUT2D eigenvalue weighted by molar-refractivity contribution is 6.14. The van der Waals surface area contributed by atoms with E-state index in [-0.39, 0.29) is 12.4 Å². The minimum absolute atomic E-state index is 0.123. The molecule has 0 bridgehead atoms. The third kappa shape index (κ3) is 2.32. The summed E-state index contributed by atoms with van der Waals surface area (Å²) in [6.45, 7) is 0.123. The van der Waals surface area contributed by atoms with Crippen molar-refractivity contribution >= 4 is 21.5 Å². The number of phenols is 1. The van der Waals surface area contributed by atoms with Crippen molar-refractivity contribution in [3.63, 3.8) is 0 Å². The Bertz CT molecular complexity index is 1030. The molecule has 0 radical (unpaired) electrons. The largest absolute Gasteiger partial charge is 0.507 e. The molecule has 0 aliphatic carbocycles. The molecule has 2 heteroatoms. The number of aliphatic hydroxyl groups excluding tert-OH is 1. The van der Waals surface area contributed by atoms with Crippen LogP contribution in [0.3, 0.4) is 0 Å². The van der Waals surface area contributed by atoms with E-state index in [4.69, 9.17) is 0 Å². The minimum atomic E-state index is 0.123. The van der Waals surface area contributed by atoms with Gasteiger partial charge < -0.3 is 10.2 Å². The van der Waals surface area contributed by atoms with Crippen molar-refractivity contribution in [2.45, 2.75) is 6.42 Å². The molecule has 0 aliphatic heterocycles. The zero-order chi connectivity index (χ0) is 16.5. The van der Waals surface area contributed by atoms with Crippen molar-refractivity contribution in [2.75, 3.05) is 6.61 Å². The quantitative estimate of drug-likeness (QED) is 0.528. The normalized spacial score (nSPS) is 11.2. The molecular formula is C22H18O2. The number of hydrogen-bond donors (Lipinski definition) is 2. The number of hydrogen-bond acceptors (Lipinski definition) is 2. The second kappa shape index (κ2) is 5.99. The predicted molar refractivity (Wildman–Crippen MR) is 99.3 cm³/mol. The summed E-state index contributed by atoms with van der Waals surface area (Å²) in [6, 6.07) is 24.0. The van der Waals surface area contributed by atoms with Gasteiger partial charge in [0.2, 0.25) is 0 Å². The molecule has 0 fully saturated rings. The van der Waals surface area contributed by atoms with Gasteiger partial charge in [0, 0.05) is 17.7 Å². The van der Waals surface area contributed by atoms with Crippen LogP contribution in [0, 0.1) is 0 Å². The summed E-state index contributed by atoms with van der Waals surface area (Å²) in [5.41, 5.74) is 3.00. The fraction of sp³-hybridized carbons (Fsp3) is 0.0909. The molecule has 0 amide bonds. The zero-order valence-corrected chi connectivity index (χ0v) is 13.2. The van der Waals surface area contributed by atoms with Crippen LogP contribution in [0.5, 0.6) is 5.75 Å². The van der Waals surface area contributed by atoms with Gasteiger partial charge in [0.15, 0.2) is 0 Å². The van der Waals surface area contributed by atoms with Crippen LogP contribution in [0.15, 0.2) is 72.8 Å². The lowest BCUT2D eigenvalue weighted by Crippen LogP contribution is -1.94. The second-order valence-electron chi connectivity index (χ2n) is 5.98. The smallest absolute Gasteiger partial charge is 0.123 e. The fourth-order valence-corrected chi connectivity index (χ4v) is 3.47. The van der Waals surface area contributed by atoms with E-state index in [1.807, 2.05) is 36.4 Å². The van der Waals surface area contributed by atoms with Crippen LogP contribution in [0.1, 0.15) is 5.56 Å². The van der Waals surface area contributed by atoms with Crippen LogP contribution in [0.2, 0.25) is 0 Å². The van der Waals surface area contributed by atoms with E-state index in [0.29, 0.717) is 6.42 Å². The van der Waals surface area contributed by atoms with Gasteiger partial charge in [-0.25, -0.2) is 0 Å². The van der Waals surface area contributed by atoms with Crippen molar-refractivity contribution in [3.8, 4) is 16.9 Å². The van der Waals surface area contributed by atoms with Crippen molar-refractivity contribution in [1.82, 2.24) is 0 Å². The Morgan fingerprint density at radius 2 is 1.46 bits per heavy atom. The lowest BCUT2D eigenvalue weighted by molar-refractivity contribution is 0.300. The third-order valence-electron chi connectivity index (χ3n) is 4.55. The molecule has 4 aromatic rings. The van der Waals surface area contributed by atoms with Gasteiger partial charge in [-0.15, -0.1) is 0 Å². The van der Waals surface area contributed by atoms with Gasteiger partial charge >= 0.3 is 0 Å². The first-order valence-corrected chi connectivity index (χ1v) is 8.12. The van der Waals surface area contributed by atoms with E-state index in [1.165, 1.54) is 0 Å². The first-order chi connectivity index (χ1) is 11.8. The predicted octanol–water partition coefficient (Wildman–Crippen LogP) is 4.90. The van der Waals surface area contributed by atoms with Crippen LogP contribution in [0.25, 0.3) is 32.7 Å². The molecular weight excluding hydrogens is 296 g/mol. The van der Waals surface area contributed by atoms with E-state index in [1.54, 1.807) is 6.07 Å². The number of phenolic OH excluding ortho intramolecular Hbond substituents is 1. The molecule has 0 atom stereocenters. The number of benzene rings is 4. The molecule has 4 rings (SSSR count). The van der Waals surface area contributed by atoms with Gasteiger partial charge in [0.05, 0.1) is 0 Å². The summed E-state index contributed by atoms with van der Waals surface area (Å²) >= 11 is 0. The average molecular weight is 314 g/mol. The highest BCUT2D eigenvalue weighted by Crippen LogP contribution is 2.40. The lowest BCUT2D eigenvalue weighted by Gasteiger charge is -2.15. The van der Waals surface area contributed by atoms with Crippen LogP contribution in [-0.2, 0) is 6.42 Å². The molecule has 118 valence electrons. The van der Waals surface area contributed by atoms with Crippen LogP contribution in [0.4, 0.5) is 0 Å². The van der Waals surface area contributed by atoms with E-state index in [2.05, 4.69) is 30.3 Å². The SMILES string of the molecule is OCCc1cccc2c(-c3ccccc3O)c3ccccc3cc12. The number of aromatic hydroxyl groups is 1. The Labute approximate surface area is 140 Å². The van der Waals surface area contributed by atoms with Crippen molar-refractivity contribution in [2.24, 2.45) is 0 Å². The minimum Gasteiger partial charge on any atom is -0.507 e. The summed E-state index contributed by atoms with van der Waals surface area (Å²) in [4.78, 5) is 0. The molecule has 0 heterocycles. The second-order valence-corrected chi connectivity index (χ2v) is 5.98. The summed E-state index contributed by atoms with van der Waals surface area (Å²) in [7, 11) is 0. The first-order valence-electron chi connectivity index (χ1n) is 8.12. The van der Waals surface area contributed by atoms with E-state index in [0.717, 1.165) is 38.2 Å². The van der Waals surface area contributed by atoms with Gasteiger partial charge in [-0.3, -0.25) is 0 Å². The van der Waals surface area contributed by atoms with Crippen LogP contribution in [-0.4, -0.2) is 16.8 Å². The highest BCUT2D eigenvalue weighted by Gasteiger charge is 2.14. The van der Waals surface area contributed by atoms with E-state index in [9.17, 15) is 10.2 Å². The maximum absolute atomic E-state index is 10.4. The molecule has 0 aromatic heterocycles. The molecule has 2 N–H and O–H groups in total. The Balaban J connectivity index is 2.19. The van der Waals surface area contributed by atoms with E-state index < -0.39 is 0 Å². The average Bonchev–Trinajstić information content (AvgIpc) is 2.61.